The second-order valence-corrected chi connectivity index (χ2v) is 12.2. The molecular formula is C25H24BrCl2N5O3S. The number of hydrogen-bond acceptors (Lipinski definition) is 6. The standard InChI is InChI=1S/C25H24BrCl2N5O3S/c1-24(2,3)15-11-16(26)21(28)19(12-15)33-23(30-31-32-33)37-13-20(34)29-18-7-6-14(10-17(18)27)8-9-25(4,5)22(35)36/h6-7,10-12H,13H2,1-5H3,(H,29,34)(H,35,36). The first-order valence-corrected chi connectivity index (χ1v) is 13.5. The molecule has 12 heteroatoms. The van der Waals surface area contributed by atoms with Crippen LogP contribution in [0.4, 0.5) is 5.69 Å². The van der Waals surface area contributed by atoms with E-state index in [9.17, 15) is 14.7 Å². The molecule has 0 radical (unpaired) electrons. The van der Waals surface area contributed by atoms with Crippen molar-refractivity contribution in [3.8, 4) is 17.5 Å². The maximum Gasteiger partial charge on any atom is 0.321 e. The van der Waals surface area contributed by atoms with Gasteiger partial charge in [-0.25, -0.2) is 0 Å². The SMILES string of the molecule is CC(C)(C#Cc1ccc(NC(=O)CSc2nnnn2-c2cc(C(C)(C)C)cc(Br)c2Cl)c(Cl)c1)C(=O)O. The van der Waals surface area contributed by atoms with Gasteiger partial charge in [0.05, 0.1) is 27.2 Å². The zero-order chi connectivity index (χ0) is 27.5. The van der Waals surface area contributed by atoms with Gasteiger partial charge in [-0.05, 0) is 81.5 Å². The van der Waals surface area contributed by atoms with Crippen LogP contribution in [0.5, 0.6) is 0 Å². The summed E-state index contributed by atoms with van der Waals surface area (Å²) in [5.41, 5.74) is 1.25. The molecular weight excluding hydrogens is 601 g/mol. The molecule has 0 bridgehead atoms. The van der Waals surface area contributed by atoms with E-state index in [2.05, 4.69) is 69.4 Å². The van der Waals surface area contributed by atoms with Gasteiger partial charge in [-0.1, -0.05) is 67.6 Å². The molecule has 3 aromatic rings. The number of tetrazole rings is 1. The maximum absolute atomic E-state index is 12.6. The average Bonchev–Trinajstić information content (AvgIpc) is 3.27. The van der Waals surface area contributed by atoms with Gasteiger partial charge in [-0.3, -0.25) is 9.59 Å². The Kier molecular flexibility index (Phi) is 8.96. The molecule has 0 aliphatic carbocycles. The summed E-state index contributed by atoms with van der Waals surface area (Å²) in [4.78, 5) is 23.9. The van der Waals surface area contributed by atoms with Gasteiger partial charge < -0.3 is 10.4 Å². The van der Waals surface area contributed by atoms with Gasteiger partial charge in [0.2, 0.25) is 11.1 Å². The number of hydrogen-bond donors (Lipinski definition) is 2. The van der Waals surface area contributed by atoms with Gasteiger partial charge in [-0.2, -0.15) is 4.68 Å². The van der Waals surface area contributed by atoms with Crippen molar-refractivity contribution >= 4 is 68.5 Å². The summed E-state index contributed by atoms with van der Waals surface area (Å²) in [6.07, 6.45) is 0. The largest absolute Gasteiger partial charge is 0.480 e. The summed E-state index contributed by atoms with van der Waals surface area (Å²) in [7, 11) is 0. The molecule has 1 amide bonds. The monoisotopic (exact) mass is 623 g/mol. The lowest BCUT2D eigenvalue weighted by Gasteiger charge is -2.21. The molecule has 0 unspecified atom stereocenters. The van der Waals surface area contributed by atoms with Crippen LogP contribution < -0.4 is 5.32 Å². The summed E-state index contributed by atoms with van der Waals surface area (Å²) in [6, 6.07) is 8.72. The first-order valence-electron chi connectivity index (χ1n) is 11.0. The molecule has 2 N–H and O–H groups in total. The number of aromatic nitrogens is 4. The van der Waals surface area contributed by atoms with Crippen molar-refractivity contribution < 1.29 is 14.7 Å². The van der Waals surface area contributed by atoms with Crippen molar-refractivity contribution in [2.75, 3.05) is 11.1 Å². The summed E-state index contributed by atoms with van der Waals surface area (Å²) < 4.78 is 2.22. The number of anilines is 1. The fourth-order valence-electron chi connectivity index (χ4n) is 2.87. The first-order chi connectivity index (χ1) is 17.2. The third kappa shape index (κ3) is 7.26. The lowest BCUT2D eigenvalue weighted by atomic mass is 9.87. The lowest BCUT2D eigenvalue weighted by Crippen LogP contribution is -2.21. The number of benzene rings is 2. The number of halogens is 3. The highest BCUT2D eigenvalue weighted by atomic mass is 79.9. The van der Waals surface area contributed by atoms with Crippen LogP contribution in [0.25, 0.3) is 5.69 Å². The van der Waals surface area contributed by atoms with Crippen LogP contribution in [0.3, 0.4) is 0 Å². The number of aliphatic carboxylic acids is 1. The van der Waals surface area contributed by atoms with E-state index in [0.717, 1.165) is 21.8 Å². The third-order valence-electron chi connectivity index (χ3n) is 5.17. The summed E-state index contributed by atoms with van der Waals surface area (Å²) >= 11 is 17.5. The van der Waals surface area contributed by atoms with Crippen LogP contribution in [0.1, 0.15) is 45.7 Å². The molecule has 0 fully saturated rings. The molecule has 0 aliphatic heterocycles. The Morgan fingerprint density at radius 1 is 1.16 bits per heavy atom. The molecule has 0 spiro atoms. The number of carboxylic acid groups (broad SMARTS) is 1. The minimum atomic E-state index is -1.19. The van der Waals surface area contributed by atoms with Crippen LogP contribution >= 0.6 is 50.9 Å². The highest BCUT2D eigenvalue weighted by molar-refractivity contribution is 9.10. The fourth-order valence-corrected chi connectivity index (χ4v) is 4.42. The van der Waals surface area contributed by atoms with E-state index in [0.29, 0.717) is 27.1 Å². The smallest absolute Gasteiger partial charge is 0.321 e. The van der Waals surface area contributed by atoms with E-state index >= 15 is 0 Å². The Balaban J connectivity index is 1.72. The Bertz CT molecular complexity index is 1420. The molecule has 1 heterocycles. The fraction of sp³-hybridized carbons (Fsp3) is 0.320. The summed E-state index contributed by atoms with van der Waals surface area (Å²) in [6.45, 7) is 9.30. The Morgan fingerprint density at radius 3 is 2.49 bits per heavy atom. The predicted octanol–water partition coefficient (Wildman–Crippen LogP) is 6.22. The van der Waals surface area contributed by atoms with E-state index in [1.165, 1.54) is 18.5 Å². The Labute approximate surface area is 237 Å². The van der Waals surface area contributed by atoms with Crippen LogP contribution in [0, 0.1) is 17.3 Å². The zero-order valence-corrected chi connectivity index (χ0v) is 24.6. The van der Waals surface area contributed by atoms with Gasteiger partial charge in [0.1, 0.15) is 5.41 Å². The van der Waals surface area contributed by atoms with Crippen molar-refractivity contribution in [2.24, 2.45) is 5.41 Å². The minimum absolute atomic E-state index is 0.0167. The molecule has 8 nitrogen and oxygen atoms in total. The number of carbonyl (C=O) groups excluding carboxylic acids is 1. The minimum Gasteiger partial charge on any atom is -0.480 e. The summed E-state index contributed by atoms with van der Waals surface area (Å²) in [5, 5.41) is 24.9. The molecule has 0 saturated carbocycles. The Hall–Kier alpha value is -2.58. The normalized spacial score (nSPS) is 11.6. The number of amides is 1. The maximum atomic E-state index is 12.6. The van der Waals surface area contributed by atoms with Crippen molar-refractivity contribution in [3.05, 3.63) is 56.0 Å². The highest BCUT2D eigenvalue weighted by Gasteiger charge is 2.24. The lowest BCUT2D eigenvalue weighted by molar-refractivity contribution is -0.143. The van der Waals surface area contributed by atoms with Crippen LogP contribution in [0.15, 0.2) is 40.0 Å². The van der Waals surface area contributed by atoms with Gasteiger partial charge in [0, 0.05) is 10.0 Å². The number of rotatable bonds is 6. The molecule has 194 valence electrons. The van der Waals surface area contributed by atoms with Crippen molar-refractivity contribution in [1.82, 2.24) is 20.2 Å². The van der Waals surface area contributed by atoms with Crippen LogP contribution in [0.2, 0.25) is 10.0 Å². The third-order valence-corrected chi connectivity index (χ3v) is 7.66. The van der Waals surface area contributed by atoms with E-state index in [1.54, 1.807) is 18.2 Å². The first kappa shape index (κ1) is 29.0. The Morgan fingerprint density at radius 2 is 1.86 bits per heavy atom. The van der Waals surface area contributed by atoms with Gasteiger partial charge in [0.15, 0.2) is 0 Å². The summed E-state index contributed by atoms with van der Waals surface area (Å²) in [5.74, 6) is 4.19. The topological polar surface area (TPSA) is 110 Å². The number of carbonyl (C=O) groups is 2. The van der Waals surface area contributed by atoms with Gasteiger partial charge in [-0.15, -0.1) is 5.10 Å². The second-order valence-electron chi connectivity index (χ2n) is 9.63. The van der Waals surface area contributed by atoms with Crippen LogP contribution in [-0.4, -0.2) is 42.9 Å². The molecule has 2 aromatic carbocycles. The molecule has 0 aliphatic rings. The van der Waals surface area contributed by atoms with Gasteiger partial charge >= 0.3 is 5.97 Å². The number of nitrogens with zero attached hydrogens (tertiary/aromatic N) is 4. The van der Waals surface area contributed by atoms with E-state index < -0.39 is 11.4 Å². The molecule has 1 aromatic heterocycles. The zero-order valence-electron chi connectivity index (χ0n) is 20.7. The van der Waals surface area contributed by atoms with Gasteiger partial charge in [0.25, 0.3) is 0 Å². The van der Waals surface area contributed by atoms with Crippen molar-refractivity contribution in [2.45, 2.75) is 45.2 Å². The number of thioether (sulfide) groups is 1. The molecule has 37 heavy (non-hydrogen) atoms. The second kappa shape index (κ2) is 11.4. The molecule has 0 saturated heterocycles. The quantitative estimate of drug-likeness (QED) is 0.247. The van der Waals surface area contributed by atoms with E-state index in [4.69, 9.17) is 23.2 Å². The van der Waals surface area contributed by atoms with Crippen molar-refractivity contribution in [3.63, 3.8) is 0 Å². The van der Waals surface area contributed by atoms with Crippen LogP contribution in [-0.2, 0) is 15.0 Å². The average molecular weight is 625 g/mol. The molecule has 0 atom stereocenters. The highest BCUT2D eigenvalue weighted by Crippen LogP contribution is 2.36. The van der Waals surface area contributed by atoms with E-state index in [1.807, 2.05) is 12.1 Å². The number of carboxylic acids is 1. The molecule has 3 rings (SSSR count). The van der Waals surface area contributed by atoms with Crippen molar-refractivity contribution in [1.29, 1.82) is 0 Å². The van der Waals surface area contributed by atoms with E-state index in [-0.39, 0.29) is 22.1 Å². The number of nitrogens with one attached hydrogen (secondary N) is 1. The predicted molar refractivity (Wildman–Crippen MR) is 150 cm³/mol.